The molecule has 1 aliphatic carbocycles. The number of hydrogen-bond acceptors (Lipinski definition) is 4. The number of nitrogens with zero attached hydrogens (tertiary/aromatic N) is 2. The van der Waals surface area contributed by atoms with Crippen LogP contribution in [-0.2, 0) is 0 Å². The Kier molecular flexibility index (Phi) is 3.60. The quantitative estimate of drug-likeness (QED) is 0.332. The molecule has 3 rings (SSSR count). The van der Waals surface area contributed by atoms with E-state index in [0.29, 0.717) is 17.4 Å². The van der Waals surface area contributed by atoms with E-state index in [1.807, 2.05) is 18.2 Å². The zero-order valence-corrected chi connectivity index (χ0v) is 12.6. The summed E-state index contributed by atoms with van der Waals surface area (Å²) in [6.45, 7) is 1.89. The van der Waals surface area contributed by atoms with Crippen molar-refractivity contribution in [3.05, 3.63) is 28.2 Å². The van der Waals surface area contributed by atoms with Crippen molar-refractivity contribution in [2.45, 2.75) is 18.9 Å². The first-order valence-electron chi connectivity index (χ1n) is 6.80. The van der Waals surface area contributed by atoms with E-state index in [4.69, 9.17) is 10.9 Å². The van der Waals surface area contributed by atoms with E-state index < -0.39 is 0 Å². The lowest BCUT2D eigenvalue weighted by Crippen LogP contribution is -2.24. The van der Waals surface area contributed by atoms with Crippen LogP contribution in [0.1, 0.15) is 18.4 Å². The van der Waals surface area contributed by atoms with E-state index in [9.17, 15) is 5.11 Å². The molecule has 0 spiro atoms. The van der Waals surface area contributed by atoms with Crippen molar-refractivity contribution in [2.24, 2.45) is 22.7 Å². The van der Waals surface area contributed by atoms with Crippen molar-refractivity contribution >= 4 is 27.5 Å². The van der Waals surface area contributed by atoms with Crippen LogP contribution in [0, 0.1) is 11.8 Å². The molecule has 0 radical (unpaired) electrons. The van der Waals surface area contributed by atoms with Crippen molar-refractivity contribution in [2.75, 3.05) is 18.0 Å². The number of halogens is 1. The van der Waals surface area contributed by atoms with Crippen LogP contribution in [0.4, 0.5) is 5.69 Å². The molecule has 0 aromatic heterocycles. The van der Waals surface area contributed by atoms with Gasteiger partial charge in [0.05, 0.1) is 11.8 Å². The van der Waals surface area contributed by atoms with Crippen LogP contribution in [0.2, 0.25) is 0 Å². The van der Waals surface area contributed by atoms with Gasteiger partial charge in [0, 0.05) is 29.0 Å². The zero-order chi connectivity index (χ0) is 14.3. The summed E-state index contributed by atoms with van der Waals surface area (Å²) in [6, 6.07) is 5.68. The lowest BCUT2D eigenvalue weighted by Gasteiger charge is -2.22. The Labute approximate surface area is 126 Å². The summed E-state index contributed by atoms with van der Waals surface area (Å²) in [5.74, 6) is 1.09. The molecule has 20 heavy (non-hydrogen) atoms. The first-order chi connectivity index (χ1) is 9.60. The summed E-state index contributed by atoms with van der Waals surface area (Å²) in [4.78, 5) is 2.30. The molecule has 1 heterocycles. The SMILES string of the molecule is N/C(=N/O)c1ccc(N2CC3CCC(O)C3C2)c(Br)c1. The zero-order valence-electron chi connectivity index (χ0n) is 11.0. The third-order valence-electron chi connectivity index (χ3n) is 4.51. The molecule has 3 atom stereocenters. The molecule has 5 nitrogen and oxygen atoms in total. The standard InChI is InChI=1S/C14H18BrN3O2/c15-11-5-8(14(16)17-20)1-3-12(11)18-6-9-2-4-13(19)10(9)7-18/h1,3,5,9-10,13,19-20H,2,4,6-7H2,(H2,16,17). The number of anilines is 1. The summed E-state index contributed by atoms with van der Waals surface area (Å²) >= 11 is 3.55. The third-order valence-corrected chi connectivity index (χ3v) is 5.15. The highest BCUT2D eigenvalue weighted by atomic mass is 79.9. The third kappa shape index (κ3) is 2.27. The number of amidine groups is 1. The van der Waals surface area contributed by atoms with Crippen LogP contribution < -0.4 is 10.6 Å². The minimum Gasteiger partial charge on any atom is -0.409 e. The fourth-order valence-corrected chi connectivity index (χ4v) is 4.04. The van der Waals surface area contributed by atoms with Gasteiger partial charge in [-0.05, 0) is 52.9 Å². The van der Waals surface area contributed by atoms with Gasteiger partial charge >= 0.3 is 0 Å². The first-order valence-corrected chi connectivity index (χ1v) is 7.60. The number of aliphatic hydroxyl groups excluding tert-OH is 1. The second kappa shape index (κ2) is 5.26. The number of hydrogen-bond donors (Lipinski definition) is 3. The molecule has 1 aromatic carbocycles. The summed E-state index contributed by atoms with van der Waals surface area (Å²) < 4.78 is 0.927. The number of oxime groups is 1. The molecule has 4 N–H and O–H groups in total. The van der Waals surface area contributed by atoms with Gasteiger partial charge in [-0.1, -0.05) is 5.16 Å². The smallest absolute Gasteiger partial charge is 0.170 e. The van der Waals surface area contributed by atoms with Crippen LogP contribution in [0.25, 0.3) is 0 Å². The van der Waals surface area contributed by atoms with Gasteiger partial charge in [-0.15, -0.1) is 0 Å². The Morgan fingerprint density at radius 1 is 1.35 bits per heavy atom. The van der Waals surface area contributed by atoms with Crippen LogP contribution in [-0.4, -0.2) is 35.3 Å². The molecular weight excluding hydrogens is 322 g/mol. The minimum atomic E-state index is -0.153. The molecule has 3 unspecified atom stereocenters. The van der Waals surface area contributed by atoms with Gasteiger partial charge in [0.1, 0.15) is 0 Å². The normalized spacial score (nSPS) is 29.8. The molecule has 1 aliphatic heterocycles. The van der Waals surface area contributed by atoms with Gasteiger partial charge in [-0.3, -0.25) is 0 Å². The van der Waals surface area contributed by atoms with Crippen LogP contribution in [0.3, 0.4) is 0 Å². The number of fused-ring (bicyclic) bond motifs is 1. The fraction of sp³-hybridized carbons (Fsp3) is 0.500. The van der Waals surface area contributed by atoms with E-state index in [0.717, 1.165) is 36.1 Å². The summed E-state index contributed by atoms with van der Waals surface area (Å²) in [7, 11) is 0. The Morgan fingerprint density at radius 2 is 2.15 bits per heavy atom. The Morgan fingerprint density at radius 3 is 2.80 bits per heavy atom. The van der Waals surface area contributed by atoms with Crippen LogP contribution in [0.5, 0.6) is 0 Å². The molecule has 1 saturated heterocycles. The number of benzene rings is 1. The van der Waals surface area contributed by atoms with E-state index >= 15 is 0 Å². The monoisotopic (exact) mass is 339 g/mol. The molecule has 108 valence electrons. The van der Waals surface area contributed by atoms with Crippen molar-refractivity contribution in [3.8, 4) is 0 Å². The van der Waals surface area contributed by atoms with Gasteiger partial charge in [0.25, 0.3) is 0 Å². The fourth-order valence-electron chi connectivity index (χ4n) is 3.41. The maximum absolute atomic E-state index is 9.98. The lowest BCUT2D eigenvalue weighted by atomic mass is 10.00. The molecule has 2 fully saturated rings. The number of aliphatic hydroxyl groups is 1. The van der Waals surface area contributed by atoms with Crippen LogP contribution in [0.15, 0.2) is 27.8 Å². The Hall–Kier alpha value is -1.27. The second-order valence-electron chi connectivity index (χ2n) is 5.63. The summed E-state index contributed by atoms with van der Waals surface area (Å²) in [5.41, 5.74) is 7.37. The molecule has 6 heteroatoms. The van der Waals surface area contributed by atoms with Gasteiger partial charge in [-0.25, -0.2) is 0 Å². The van der Waals surface area contributed by atoms with E-state index in [-0.39, 0.29) is 11.9 Å². The number of nitrogens with two attached hydrogens (primary N) is 1. The Bertz CT molecular complexity index is 549. The first kappa shape index (κ1) is 13.7. The number of rotatable bonds is 2. The van der Waals surface area contributed by atoms with Gasteiger partial charge in [0.15, 0.2) is 5.84 Å². The maximum atomic E-state index is 9.98. The lowest BCUT2D eigenvalue weighted by molar-refractivity contribution is 0.133. The minimum absolute atomic E-state index is 0.103. The second-order valence-corrected chi connectivity index (χ2v) is 6.48. The predicted molar refractivity (Wildman–Crippen MR) is 81.1 cm³/mol. The van der Waals surface area contributed by atoms with E-state index in [1.165, 1.54) is 0 Å². The maximum Gasteiger partial charge on any atom is 0.170 e. The van der Waals surface area contributed by atoms with Crippen molar-refractivity contribution in [1.82, 2.24) is 0 Å². The van der Waals surface area contributed by atoms with Crippen molar-refractivity contribution in [1.29, 1.82) is 0 Å². The molecular formula is C14H18BrN3O2. The topological polar surface area (TPSA) is 82.1 Å². The van der Waals surface area contributed by atoms with Gasteiger partial charge in [-0.2, -0.15) is 0 Å². The van der Waals surface area contributed by atoms with E-state index in [1.54, 1.807) is 0 Å². The van der Waals surface area contributed by atoms with Crippen molar-refractivity contribution in [3.63, 3.8) is 0 Å². The van der Waals surface area contributed by atoms with Gasteiger partial charge < -0.3 is 20.9 Å². The molecule has 0 bridgehead atoms. The van der Waals surface area contributed by atoms with Gasteiger partial charge in [0.2, 0.25) is 0 Å². The van der Waals surface area contributed by atoms with Crippen molar-refractivity contribution < 1.29 is 10.3 Å². The summed E-state index contributed by atoms with van der Waals surface area (Å²) in [6.07, 6.45) is 1.90. The molecule has 1 saturated carbocycles. The largest absolute Gasteiger partial charge is 0.409 e. The molecule has 1 aromatic rings. The Balaban J connectivity index is 1.82. The highest BCUT2D eigenvalue weighted by Crippen LogP contribution is 2.41. The molecule has 0 amide bonds. The van der Waals surface area contributed by atoms with E-state index in [2.05, 4.69) is 26.0 Å². The highest BCUT2D eigenvalue weighted by Gasteiger charge is 2.42. The predicted octanol–water partition coefficient (Wildman–Crippen LogP) is 1.75. The average Bonchev–Trinajstić information content (AvgIpc) is 3.00. The van der Waals surface area contributed by atoms with Crippen LogP contribution >= 0.6 is 15.9 Å². The highest BCUT2D eigenvalue weighted by molar-refractivity contribution is 9.10. The molecule has 2 aliphatic rings. The average molecular weight is 340 g/mol. The summed E-state index contributed by atoms with van der Waals surface area (Å²) in [5, 5.41) is 21.7.